The van der Waals surface area contributed by atoms with Gasteiger partial charge in [0.25, 0.3) is 0 Å². The average Bonchev–Trinajstić information content (AvgIpc) is 3.62. The lowest BCUT2D eigenvalue weighted by Crippen LogP contribution is -2.28. The molecule has 3 aliphatic rings. The van der Waals surface area contributed by atoms with E-state index in [9.17, 15) is 0 Å². The van der Waals surface area contributed by atoms with Gasteiger partial charge in [-0.15, -0.1) is 0 Å². The number of anilines is 4. The fourth-order valence-corrected chi connectivity index (χ4v) is 8.86. The molecule has 0 bridgehead atoms. The van der Waals surface area contributed by atoms with E-state index in [1.165, 1.54) is 61.6 Å². The number of para-hydroxylation sites is 2. The molecule has 1 aliphatic heterocycles. The summed E-state index contributed by atoms with van der Waals surface area (Å²) in [5.74, 6) is 0.593. The standard InChI is InChI=1S/C54H42N2/c1-4-16-39(17-5-1)41-28-33-45(34-29-41)55(54-38-44(40-18-6-2-7-19-40)32-37-48(54)42-20-8-3-9-21-42)46-35-30-43(31-36-46)47-22-10-13-25-51(47)56-52-26-14-11-23-49(52)50-24-12-15-27-53(50)56/h1-31,33-38,44,49,52H,32H2. The lowest BCUT2D eigenvalue weighted by Gasteiger charge is -2.34. The van der Waals surface area contributed by atoms with E-state index in [1.54, 1.807) is 0 Å². The molecule has 7 aromatic carbocycles. The molecule has 0 radical (unpaired) electrons. The van der Waals surface area contributed by atoms with Crippen molar-refractivity contribution in [1.29, 1.82) is 0 Å². The highest BCUT2D eigenvalue weighted by Gasteiger charge is 2.38. The van der Waals surface area contributed by atoms with E-state index in [0.29, 0.717) is 5.92 Å². The van der Waals surface area contributed by atoms with Gasteiger partial charge in [-0.1, -0.05) is 188 Å². The van der Waals surface area contributed by atoms with Crippen LogP contribution in [0.1, 0.15) is 34.9 Å². The number of benzene rings is 7. The SMILES string of the molecule is C1=CC2c3ccccc3N(c3ccccc3-c3ccc(N(C4=CC(c5ccccc5)CC=C4c4ccccc4)c4ccc(-c5ccccc5)cc4)cc3)C2C=C1. The van der Waals surface area contributed by atoms with Gasteiger partial charge in [-0.05, 0) is 76.2 Å². The van der Waals surface area contributed by atoms with Crippen LogP contribution in [0.3, 0.4) is 0 Å². The summed E-state index contributed by atoms with van der Waals surface area (Å²) in [5, 5.41) is 0. The number of rotatable bonds is 8. The minimum absolute atomic E-state index is 0.242. The van der Waals surface area contributed by atoms with Gasteiger partial charge in [0.1, 0.15) is 0 Å². The van der Waals surface area contributed by atoms with Crippen molar-refractivity contribution in [1.82, 2.24) is 0 Å². The molecule has 0 fully saturated rings. The number of nitrogens with zero attached hydrogens (tertiary/aromatic N) is 2. The highest BCUT2D eigenvalue weighted by molar-refractivity contribution is 5.91. The molecule has 0 amide bonds. The quantitative estimate of drug-likeness (QED) is 0.154. The number of hydrogen-bond acceptors (Lipinski definition) is 2. The Morgan fingerprint density at radius 2 is 1.02 bits per heavy atom. The van der Waals surface area contributed by atoms with Gasteiger partial charge in [-0.3, -0.25) is 0 Å². The van der Waals surface area contributed by atoms with Gasteiger partial charge in [0.15, 0.2) is 0 Å². The van der Waals surface area contributed by atoms with E-state index in [-0.39, 0.29) is 12.0 Å². The molecule has 268 valence electrons. The Bertz CT molecular complexity index is 2600. The van der Waals surface area contributed by atoms with Crippen molar-refractivity contribution in [2.45, 2.75) is 24.3 Å². The first-order valence-corrected chi connectivity index (χ1v) is 19.7. The van der Waals surface area contributed by atoms with E-state index in [4.69, 9.17) is 0 Å². The lowest BCUT2D eigenvalue weighted by molar-refractivity contribution is 0.745. The summed E-state index contributed by atoms with van der Waals surface area (Å²) in [7, 11) is 0. The molecule has 2 heteroatoms. The minimum Gasteiger partial charge on any atom is -0.333 e. The van der Waals surface area contributed by atoms with E-state index in [2.05, 4.69) is 234 Å². The summed E-state index contributed by atoms with van der Waals surface area (Å²) >= 11 is 0. The molecule has 0 N–H and O–H groups in total. The molecule has 0 spiro atoms. The topological polar surface area (TPSA) is 6.48 Å². The van der Waals surface area contributed by atoms with Crippen molar-refractivity contribution in [3.63, 3.8) is 0 Å². The van der Waals surface area contributed by atoms with E-state index in [0.717, 1.165) is 17.8 Å². The van der Waals surface area contributed by atoms with Crippen molar-refractivity contribution < 1.29 is 0 Å². The van der Waals surface area contributed by atoms with Crippen LogP contribution in [0.5, 0.6) is 0 Å². The number of fused-ring (bicyclic) bond motifs is 3. The fourth-order valence-electron chi connectivity index (χ4n) is 8.86. The van der Waals surface area contributed by atoms with Gasteiger partial charge in [-0.25, -0.2) is 0 Å². The summed E-state index contributed by atoms with van der Waals surface area (Å²) in [6, 6.07) is 68.7. The number of hydrogen-bond donors (Lipinski definition) is 0. The third-order valence-corrected chi connectivity index (χ3v) is 11.6. The molecule has 2 nitrogen and oxygen atoms in total. The maximum atomic E-state index is 2.54. The third-order valence-electron chi connectivity index (χ3n) is 11.6. The molecule has 3 atom stereocenters. The summed E-state index contributed by atoms with van der Waals surface area (Å²) in [5.41, 5.74) is 15.9. The van der Waals surface area contributed by atoms with Crippen molar-refractivity contribution in [3.05, 3.63) is 247 Å². The highest BCUT2D eigenvalue weighted by atomic mass is 15.2. The minimum atomic E-state index is 0.242. The van der Waals surface area contributed by atoms with E-state index in [1.807, 2.05) is 0 Å². The second-order valence-electron chi connectivity index (χ2n) is 14.8. The first kappa shape index (κ1) is 33.7. The van der Waals surface area contributed by atoms with Crippen molar-refractivity contribution in [2.75, 3.05) is 9.80 Å². The molecule has 7 aromatic rings. The Hall–Kier alpha value is -6.90. The molecule has 0 aromatic heterocycles. The first-order chi connectivity index (χ1) is 27.8. The van der Waals surface area contributed by atoms with Crippen LogP contribution in [0.4, 0.5) is 22.7 Å². The van der Waals surface area contributed by atoms with Gasteiger partial charge in [0, 0.05) is 45.7 Å². The van der Waals surface area contributed by atoms with Crippen LogP contribution >= 0.6 is 0 Å². The Morgan fingerprint density at radius 3 is 1.73 bits per heavy atom. The molecule has 10 rings (SSSR count). The molecular formula is C54H42N2. The monoisotopic (exact) mass is 718 g/mol. The van der Waals surface area contributed by atoms with Crippen LogP contribution < -0.4 is 9.80 Å². The van der Waals surface area contributed by atoms with E-state index >= 15 is 0 Å². The smallest absolute Gasteiger partial charge is 0.0629 e. The zero-order chi connectivity index (χ0) is 37.3. The Balaban J connectivity index is 1.09. The normalized spacial score (nSPS) is 18.1. The second kappa shape index (κ2) is 14.7. The fraction of sp³-hybridized carbons (Fsp3) is 0.0741. The zero-order valence-corrected chi connectivity index (χ0v) is 31.2. The summed E-state index contributed by atoms with van der Waals surface area (Å²) in [4.78, 5) is 5.00. The highest BCUT2D eigenvalue weighted by Crippen LogP contribution is 2.50. The first-order valence-electron chi connectivity index (χ1n) is 19.7. The van der Waals surface area contributed by atoms with Crippen LogP contribution in [0.2, 0.25) is 0 Å². The number of allylic oxidation sites excluding steroid dienone is 5. The van der Waals surface area contributed by atoms with Crippen LogP contribution in [-0.2, 0) is 0 Å². The van der Waals surface area contributed by atoms with Crippen LogP contribution in [-0.4, -0.2) is 6.04 Å². The Labute approximate surface area is 330 Å². The average molecular weight is 719 g/mol. The summed E-state index contributed by atoms with van der Waals surface area (Å²) in [6.07, 6.45) is 15.0. The maximum Gasteiger partial charge on any atom is 0.0629 e. The van der Waals surface area contributed by atoms with Crippen LogP contribution in [0.15, 0.2) is 230 Å². The van der Waals surface area contributed by atoms with Crippen molar-refractivity contribution in [3.8, 4) is 22.3 Å². The van der Waals surface area contributed by atoms with Gasteiger partial charge in [0.05, 0.1) is 11.7 Å². The third kappa shape index (κ3) is 6.20. The van der Waals surface area contributed by atoms with E-state index < -0.39 is 0 Å². The Morgan fingerprint density at radius 1 is 0.464 bits per heavy atom. The summed E-state index contributed by atoms with van der Waals surface area (Å²) in [6.45, 7) is 0. The molecular weight excluding hydrogens is 677 g/mol. The van der Waals surface area contributed by atoms with Gasteiger partial charge in [0.2, 0.25) is 0 Å². The molecule has 2 aliphatic carbocycles. The molecule has 56 heavy (non-hydrogen) atoms. The lowest BCUT2D eigenvalue weighted by atomic mass is 9.85. The molecule has 3 unspecified atom stereocenters. The van der Waals surface area contributed by atoms with Gasteiger partial charge in [-0.2, -0.15) is 0 Å². The van der Waals surface area contributed by atoms with Gasteiger partial charge < -0.3 is 9.80 Å². The van der Waals surface area contributed by atoms with Gasteiger partial charge >= 0.3 is 0 Å². The molecule has 1 heterocycles. The predicted molar refractivity (Wildman–Crippen MR) is 236 cm³/mol. The van der Waals surface area contributed by atoms with Crippen molar-refractivity contribution in [2.24, 2.45) is 0 Å². The second-order valence-corrected chi connectivity index (χ2v) is 14.8. The predicted octanol–water partition coefficient (Wildman–Crippen LogP) is 14.0. The zero-order valence-electron chi connectivity index (χ0n) is 31.2. The van der Waals surface area contributed by atoms with Crippen molar-refractivity contribution >= 4 is 28.3 Å². The Kier molecular flexibility index (Phi) is 8.85. The summed E-state index contributed by atoms with van der Waals surface area (Å²) < 4.78 is 0. The largest absolute Gasteiger partial charge is 0.333 e. The molecule has 0 saturated heterocycles. The molecule has 0 saturated carbocycles. The van der Waals surface area contributed by atoms with Crippen LogP contribution in [0.25, 0.3) is 27.8 Å². The van der Waals surface area contributed by atoms with Crippen LogP contribution in [0, 0.1) is 0 Å². The maximum absolute atomic E-state index is 2.54.